The van der Waals surface area contributed by atoms with Crippen molar-refractivity contribution in [2.75, 3.05) is 16.5 Å². The number of carbonyl (C=O) groups excluding carboxylic acids is 1. The average molecular weight is 489 g/mol. The SMILES string of the molecule is CSc1ccc(CN(C(=O)Nc2c(CC(C)C)cccc2C(C)C)c2ccc(C(C)C)cc2)cc1. The van der Waals surface area contributed by atoms with Crippen LogP contribution in [0.1, 0.15) is 75.6 Å². The maximum Gasteiger partial charge on any atom is 0.326 e. The monoisotopic (exact) mass is 488 g/mol. The number of benzene rings is 3. The van der Waals surface area contributed by atoms with E-state index in [0.29, 0.717) is 24.3 Å². The van der Waals surface area contributed by atoms with Crippen LogP contribution in [0.25, 0.3) is 0 Å². The molecule has 0 aliphatic carbocycles. The number of amides is 2. The number of nitrogens with zero attached hydrogens (tertiary/aromatic N) is 1. The first kappa shape index (κ1) is 26.9. The third-order valence-corrected chi connectivity index (χ3v) is 7.02. The third-order valence-electron chi connectivity index (χ3n) is 6.28. The van der Waals surface area contributed by atoms with Crippen molar-refractivity contribution in [2.45, 2.75) is 71.2 Å². The van der Waals surface area contributed by atoms with Crippen LogP contribution >= 0.6 is 11.8 Å². The summed E-state index contributed by atoms with van der Waals surface area (Å²) in [4.78, 5) is 17.0. The highest BCUT2D eigenvalue weighted by atomic mass is 32.2. The van der Waals surface area contributed by atoms with Gasteiger partial charge in [-0.3, -0.25) is 4.90 Å². The first-order valence-corrected chi connectivity index (χ1v) is 13.8. The van der Waals surface area contributed by atoms with Crippen molar-refractivity contribution in [1.29, 1.82) is 0 Å². The molecule has 0 saturated carbocycles. The summed E-state index contributed by atoms with van der Waals surface area (Å²) in [5.41, 5.74) is 6.60. The van der Waals surface area contributed by atoms with Crippen LogP contribution < -0.4 is 10.2 Å². The minimum Gasteiger partial charge on any atom is -0.307 e. The Morgan fingerprint density at radius 3 is 2.06 bits per heavy atom. The number of para-hydroxylation sites is 1. The third kappa shape index (κ3) is 7.14. The van der Waals surface area contributed by atoms with Crippen LogP contribution in [0.3, 0.4) is 0 Å². The van der Waals surface area contributed by atoms with Gasteiger partial charge >= 0.3 is 6.03 Å². The summed E-state index contributed by atoms with van der Waals surface area (Å²) in [6.07, 6.45) is 3.00. The van der Waals surface area contributed by atoms with Crippen LogP contribution in [0.4, 0.5) is 16.2 Å². The Hall–Kier alpha value is -2.72. The molecule has 0 bridgehead atoms. The standard InChI is InChI=1S/C31H40N2OS/c1-21(2)19-26-9-8-10-29(23(5)6)30(26)32-31(34)33(20-24-11-17-28(35-7)18-12-24)27-15-13-25(14-16-27)22(3)4/h8-18,21-23H,19-20H2,1-7H3,(H,32,34). The van der Waals surface area contributed by atoms with E-state index in [1.807, 2.05) is 4.90 Å². The van der Waals surface area contributed by atoms with Crippen molar-refractivity contribution in [1.82, 2.24) is 0 Å². The highest BCUT2D eigenvalue weighted by Crippen LogP contribution is 2.31. The molecule has 186 valence electrons. The van der Waals surface area contributed by atoms with Crippen molar-refractivity contribution in [3.8, 4) is 0 Å². The number of anilines is 2. The quantitative estimate of drug-likeness (QED) is 0.305. The fraction of sp³-hybridized carbons (Fsp3) is 0.387. The number of thioether (sulfide) groups is 1. The molecule has 0 aliphatic heterocycles. The molecule has 0 aliphatic rings. The van der Waals surface area contributed by atoms with Crippen molar-refractivity contribution in [2.24, 2.45) is 5.92 Å². The maximum absolute atomic E-state index is 13.9. The van der Waals surface area contributed by atoms with Crippen LogP contribution in [-0.4, -0.2) is 12.3 Å². The Morgan fingerprint density at radius 1 is 0.857 bits per heavy atom. The summed E-state index contributed by atoms with van der Waals surface area (Å²) in [7, 11) is 0. The minimum atomic E-state index is -0.102. The molecule has 0 radical (unpaired) electrons. The van der Waals surface area contributed by atoms with Gasteiger partial charge in [0.15, 0.2) is 0 Å². The molecule has 3 rings (SSSR count). The lowest BCUT2D eigenvalue weighted by atomic mass is 9.93. The summed E-state index contributed by atoms with van der Waals surface area (Å²) < 4.78 is 0. The number of nitrogens with one attached hydrogen (secondary N) is 1. The van der Waals surface area contributed by atoms with Gasteiger partial charge in [0.05, 0.1) is 6.54 Å². The van der Waals surface area contributed by atoms with E-state index in [0.717, 1.165) is 23.4 Å². The summed E-state index contributed by atoms with van der Waals surface area (Å²) in [5.74, 6) is 1.26. The van der Waals surface area contributed by atoms with Gasteiger partial charge in [0.25, 0.3) is 0 Å². The zero-order valence-corrected chi connectivity index (χ0v) is 23.1. The summed E-state index contributed by atoms with van der Waals surface area (Å²) >= 11 is 1.72. The summed E-state index contributed by atoms with van der Waals surface area (Å²) in [6, 6.07) is 23.1. The molecule has 35 heavy (non-hydrogen) atoms. The predicted octanol–water partition coefficient (Wildman–Crippen LogP) is 9.09. The Morgan fingerprint density at radius 2 is 1.51 bits per heavy atom. The fourth-order valence-corrected chi connectivity index (χ4v) is 4.68. The van der Waals surface area contributed by atoms with Gasteiger partial charge in [0.1, 0.15) is 0 Å². The topological polar surface area (TPSA) is 32.3 Å². The average Bonchev–Trinajstić information content (AvgIpc) is 2.83. The number of urea groups is 1. The number of hydrogen-bond acceptors (Lipinski definition) is 2. The van der Waals surface area contributed by atoms with E-state index < -0.39 is 0 Å². The van der Waals surface area contributed by atoms with Gasteiger partial charge in [-0.25, -0.2) is 4.79 Å². The van der Waals surface area contributed by atoms with Gasteiger partial charge in [0.2, 0.25) is 0 Å². The van der Waals surface area contributed by atoms with Crippen LogP contribution in [0.5, 0.6) is 0 Å². The molecule has 2 amide bonds. The summed E-state index contributed by atoms with van der Waals surface area (Å²) in [6.45, 7) is 13.7. The Bertz CT molecular complexity index is 1100. The first-order valence-electron chi connectivity index (χ1n) is 12.6. The van der Waals surface area contributed by atoms with Crippen molar-refractivity contribution in [3.63, 3.8) is 0 Å². The molecule has 0 atom stereocenters. The molecule has 0 spiro atoms. The van der Waals surface area contributed by atoms with Gasteiger partial charge in [0, 0.05) is 16.3 Å². The van der Waals surface area contributed by atoms with Crippen molar-refractivity contribution < 1.29 is 4.79 Å². The van der Waals surface area contributed by atoms with E-state index in [4.69, 9.17) is 0 Å². The Balaban J connectivity index is 1.99. The first-order chi connectivity index (χ1) is 16.7. The zero-order chi connectivity index (χ0) is 25.5. The maximum atomic E-state index is 13.9. The molecular formula is C31H40N2OS. The second-order valence-electron chi connectivity index (χ2n) is 10.2. The lowest BCUT2D eigenvalue weighted by Gasteiger charge is -2.26. The highest BCUT2D eigenvalue weighted by Gasteiger charge is 2.21. The molecular weight excluding hydrogens is 448 g/mol. The largest absolute Gasteiger partial charge is 0.326 e. The van der Waals surface area contributed by atoms with Crippen molar-refractivity contribution in [3.05, 3.63) is 89.0 Å². The lowest BCUT2D eigenvalue weighted by Crippen LogP contribution is -2.35. The number of hydrogen-bond donors (Lipinski definition) is 1. The highest BCUT2D eigenvalue weighted by molar-refractivity contribution is 7.98. The number of rotatable bonds is 9. The predicted molar refractivity (Wildman–Crippen MR) is 153 cm³/mol. The fourth-order valence-electron chi connectivity index (χ4n) is 4.27. The second-order valence-corrected chi connectivity index (χ2v) is 11.1. The Labute approximate surface area is 216 Å². The molecule has 1 N–H and O–H groups in total. The molecule has 4 heteroatoms. The van der Waals surface area contributed by atoms with E-state index >= 15 is 0 Å². The molecule has 3 aromatic carbocycles. The summed E-state index contributed by atoms with van der Waals surface area (Å²) in [5, 5.41) is 3.33. The van der Waals surface area contributed by atoms with E-state index in [2.05, 4.69) is 120 Å². The van der Waals surface area contributed by atoms with Crippen LogP contribution in [-0.2, 0) is 13.0 Å². The van der Waals surface area contributed by atoms with Gasteiger partial charge in [-0.05, 0) is 76.9 Å². The van der Waals surface area contributed by atoms with Gasteiger partial charge in [-0.15, -0.1) is 11.8 Å². The normalized spacial score (nSPS) is 11.4. The lowest BCUT2D eigenvalue weighted by molar-refractivity contribution is 0.256. The smallest absolute Gasteiger partial charge is 0.307 e. The Kier molecular flexibility index (Phi) is 9.45. The molecule has 0 saturated heterocycles. The second kappa shape index (κ2) is 12.3. The molecule has 3 nitrogen and oxygen atoms in total. The van der Waals surface area contributed by atoms with E-state index in [9.17, 15) is 4.79 Å². The minimum absolute atomic E-state index is 0.102. The van der Waals surface area contributed by atoms with Crippen LogP contribution in [0.15, 0.2) is 71.6 Å². The van der Waals surface area contributed by atoms with Crippen LogP contribution in [0, 0.1) is 5.92 Å². The molecule has 0 heterocycles. The van der Waals surface area contributed by atoms with E-state index in [1.165, 1.54) is 21.6 Å². The van der Waals surface area contributed by atoms with Gasteiger partial charge in [-0.1, -0.05) is 84.0 Å². The van der Waals surface area contributed by atoms with Crippen LogP contribution in [0.2, 0.25) is 0 Å². The molecule has 3 aromatic rings. The van der Waals surface area contributed by atoms with Gasteiger partial charge < -0.3 is 5.32 Å². The molecule has 0 fully saturated rings. The van der Waals surface area contributed by atoms with E-state index in [-0.39, 0.29) is 6.03 Å². The molecule has 0 unspecified atom stereocenters. The van der Waals surface area contributed by atoms with Gasteiger partial charge in [-0.2, -0.15) is 0 Å². The van der Waals surface area contributed by atoms with Crippen molar-refractivity contribution >= 4 is 29.2 Å². The zero-order valence-electron chi connectivity index (χ0n) is 22.3. The number of carbonyl (C=O) groups is 1. The van der Waals surface area contributed by atoms with E-state index in [1.54, 1.807) is 11.8 Å². The molecule has 0 aromatic heterocycles.